The molecule has 0 atom stereocenters. The molecule has 13 heteroatoms. The van der Waals surface area contributed by atoms with Gasteiger partial charge in [0.25, 0.3) is 5.91 Å². The summed E-state index contributed by atoms with van der Waals surface area (Å²) in [5, 5.41) is 9.17. The first-order chi connectivity index (χ1) is 19.6. The average molecular weight is 631 g/mol. The molecule has 1 aliphatic carbocycles. The van der Waals surface area contributed by atoms with E-state index in [2.05, 4.69) is 20.9 Å². The van der Waals surface area contributed by atoms with Crippen molar-refractivity contribution in [1.82, 2.24) is 20.2 Å². The molecular formula is C29H33Cl2F4N5O2. The number of nitrogens with one attached hydrogen (secondary N) is 3. The largest absolute Gasteiger partial charge is 0.391 e. The van der Waals surface area contributed by atoms with Crippen LogP contribution in [0.15, 0.2) is 24.3 Å². The number of aromatic nitrogens is 2. The summed E-state index contributed by atoms with van der Waals surface area (Å²) in [4.78, 5) is 29.6. The lowest BCUT2D eigenvalue weighted by Gasteiger charge is -2.29. The normalized spacial score (nSPS) is 17.8. The van der Waals surface area contributed by atoms with E-state index in [-0.39, 0.29) is 54.3 Å². The first-order valence-electron chi connectivity index (χ1n) is 13.6. The van der Waals surface area contributed by atoms with Crippen LogP contribution in [0.25, 0.3) is 11.0 Å². The van der Waals surface area contributed by atoms with Crippen molar-refractivity contribution in [3.63, 3.8) is 0 Å². The van der Waals surface area contributed by atoms with E-state index in [9.17, 15) is 22.8 Å². The Morgan fingerprint density at radius 1 is 1.05 bits per heavy atom. The Hall–Kier alpha value is -3.05. The number of hydrogen-bond donors (Lipinski definition) is 3. The predicted molar refractivity (Wildman–Crippen MR) is 156 cm³/mol. The van der Waals surface area contributed by atoms with E-state index >= 15 is 4.39 Å². The summed E-state index contributed by atoms with van der Waals surface area (Å²) in [6, 6.07) is 5.86. The number of halogens is 6. The topological polar surface area (TPSA) is 88.1 Å². The molecule has 0 saturated heterocycles. The molecule has 0 bridgehead atoms. The van der Waals surface area contributed by atoms with E-state index in [1.54, 1.807) is 44.5 Å². The third kappa shape index (κ3) is 7.11. The fourth-order valence-corrected chi connectivity index (χ4v) is 5.46. The highest BCUT2D eigenvalue weighted by molar-refractivity contribution is 6.39. The maximum atomic E-state index is 15.0. The minimum atomic E-state index is -4.20. The Bertz CT molecular complexity index is 1490. The molecule has 4 rings (SSSR count). The van der Waals surface area contributed by atoms with Gasteiger partial charge < -0.3 is 20.5 Å². The monoisotopic (exact) mass is 629 g/mol. The number of aryl methyl sites for hydroxylation is 1. The first kappa shape index (κ1) is 31.9. The van der Waals surface area contributed by atoms with Crippen molar-refractivity contribution in [3.05, 3.63) is 51.3 Å². The Balaban J connectivity index is 1.48. The number of alkyl halides is 3. The van der Waals surface area contributed by atoms with Gasteiger partial charge in [0, 0.05) is 31.6 Å². The number of nitrogens with zero attached hydrogens (tertiary/aromatic N) is 2. The predicted octanol–water partition coefficient (Wildman–Crippen LogP) is 7.52. The van der Waals surface area contributed by atoms with Crippen LogP contribution in [-0.4, -0.2) is 34.1 Å². The number of carbonyl (C=O) groups is 2. The van der Waals surface area contributed by atoms with Gasteiger partial charge in [-0.15, -0.1) is 0 Å². The SMILES string of the molecule is Cn1c(Nc2c(Cl)ccc(CNC(=O)C(C)(C)C)c2Cl)nc2cc(C(=O)NCC3CCC(C(F)(F)F)CC3)c(F)cc21. The molecule has 3 aromatic rings. The molecule has 2 amide bonds. The van der Waals surface area contributed by atoms with Gasteiger partial charge in [-0.3, -0.25) is 9.59 Å². The van der Waals surface area contributed by atoms with Gasteiger partial charge in [-0.25, -0.2) is 9.37 Å². The highest BCUT2D eigenvalue weighted by Crippen LogP contribution is 2.39. The molecule has 42 heavy (non-hydrogen) atoms. The van der Waals surface area contributed by atoms with Gasteiger partial charge in [0.2, 0.25) is 11.9 Å². The molecule has 1 aliphatic rings. The van der Waals surface area contributed by atoms with Gasteiger partial charge >= 0.3 is 6.18 Å². The highest BCUT2D eigenvalue weighted by Gasteiger charge is 2.41. The van der Waals surface area contributed by atoms with Crippen molar-refractivity contribution in [1.29, 1.82) is 0 Å². The summed E-state index contributed by atoms with van der Waals surface area (Å²) in [6.07, 6.45) is -3.47. The molecule has 0 unspecified atom stereocenters. The number of carbonyl (C=O) groups excluding carboxylic acids is 2. The number of anilines is 2. The summed E-state index contributed by atoms with van der Waals surface area (Å²) in [5.41, 5.74) is 0.906. The van der Waals surface area contributed by atoms with Gasteiger partial charge in [-0.1, -0.05) is 50.0 Å². The molecule has 1 fully saturated rings. The molecule has 0 spiro atoms. The standard InChI is InChI=1S/C29H33Cl2F4N5O2/c1-28(2,3)26(42)37-14-16-7-10-19(30)24(23(16)31)39-27-38-21-11-18(20(32)12-22(21)40(27)4)25(41)36-13-15-5-8-17(9-6-15)29(33,34)35/h7,10-12,15,17H,5-6,8-9,13-14H2,1-4H3,(H,36,41)(H,37,42)(H,38,39). The van der Waals surface area contributed by atoms with Crippen molar-refractivity contribution in [2.24, 2.45) is 24.3 Å². The van der Waals surface area contributed by atoms with Crippen molar-refractivity contribution in [2.75, 3.05) is 11.9 Å². The number of rotatable bonds is 7. The van der Waals surface area contributed by atoms with Crippen molar-refractivity contribution in [2.45, 2.75) is 59.2 Å². The van der Waals surface area contributed by atoms with Crippen LogP contribution in [0.5, 0.6) is 0 Å². The van der Waals surface area contributed by atoms with Crippen LogP contribution in [0, 0.1) is 23.1 Å². The molecule has 1 aromatic heterocycles. The van der Waals surface area contributed by atoms with Gasteiger partial charge in [0.05, 0.1) is 38.2 Å². The fourth-order valence-electron chi connectivity index (χ4n) is 4.92. The zero-order valence-corrected chi connectivity index (χ0v) is 25.2. The Morgan fingerprint density at radius 2 is 1.71 bits per heavy atom. The molecule has 1 saturated carbocycles. The van der Waals surface area contributed by atoms with Crippen LogP contribution in [0.4, 0.5) is 29.2 Å². The average Bonchev–Trinajstić information content (AvgIpc) is 3.21. The molecule has 0 radical (unpaired) electrons. The summed E-state index contributed by atoms with van der Waals surface area (Å²) in [7, 11) is 1.66. The van der Waals surface area contributed by atoms with Gasteiger partial charge in [-0.05, 0) is 49.3 Å². The van der Waals surface area contributed by atoms with E-state index in [4.69, 9.17) is 23.2 Å². The molecular weight excluding hydrogens is 597 g/mol. The number of fused-ring (bicyclic) bond motifs is 1. The van der Waals surface area contributed by atoms with E-state index in [0.29, 0.717) is 40.1 Å². The minimum Gasteiger partial charge on any atom is -0.352 e. The third-order valence-corrected chi connectivity index (χ3v) is 8.35. The summed E-state index contributed by atoms with van der Waals surface area (Å²) >= 11 is 13.0. The number of amides is 2. The summed E-state index contributed by atoms with van der Waals surface area (Å²) in [5.74, 6) is -2.70. The Morgan fingerprint density at radius 3 is 2.33 bits per heavy atom. The number of benzene rings is 2. The molecule has 228 valence electrons. The van der Waals surface area contributed by atoms with Crippen molar-refractivity contribution in [3.8, 4) is 0 Å². The van der Waals surface area contributed by atoms with E-state index in [0.717, 1.165) is 0 Å². The second kappa shape index (κ2) is 12.3. The lowest BCUT2D eigenvalue weighted by atomic mass is 9.81. The third-order valence-electron chi connectivity index (χ3n) is 7.60. The minimum absolute atomic E-state index is 0.0244. The molecule has 0 aliphatic heterocycles. The quantitative estimate of drug-likeness (QED) is 0.236. The van der Waals surface area contributed by atoms with Crippen LogP contribution in [0.3, 0.4) is 0 Å². The maximum absolute atomic E-state index is 15.0. The first-order valence-corrected chi connectivity index (χ1v) is 14.3. The molecule has 3 N–H and O–H groups in total. The summed E-state index contributed by atoms with van der Waals surface area (Å²) < 4.78 is 55.4. The van der Waals surface area contributed by atoms with E-state index in [1.807, 2.05) is 0 Å². The zero-order chi connectivity index (χ0) is 31.0. The second-order valence-electron chi connectivity index (χ2n) is 11.7. The van der Waals surface area contributed by atoms with Crippen LogP contribution in [-0.2, 0) is 18.4 Å². The lowest BCUT2D eigenvalue weighted by molar-refractivity contribution is -0.183. The van der Waals surface area contributed by atoms with Crippen LogP contribution in [0.1, 0.15) is 62.4 Å². The summed E-state index contributed by atoms with van der Waals surface area (Å²) in [6.45, 7) is 5.74. The number of imidazole rings is 1. The lowest BCUT2D eigenvalue weighted by Crippen LogP contribution is -2.34. The smallest absolute Gasteiger partial charge is 0.352 e. The Kier molecular flexibility index (Phi) is 9.32. The molecule has 1 heterocycles. The fraction of sp³-hybridized carbons (Fsp3) is 0.483. The molecule has 7 nitrogen and oxygen atoms in total. The zero-order valence-electron chi connectivity index (χ0n) is 23.7. The van der Waals surface area contributed by atoms with Crippen LogP contribution >= 0.6 is 23.2 Å². The van der Waals surface area contributed by atoms with Gasteiger partial charge in [-0.2, -0.15) is 13.2 Å². The van der Waals surface area contributed by atoms with Crippen LogP contribution in [0.2, 0.25) is 10.0 Å². The Labute approximate surface area is 251 Å². The second-order valence-corrected chi connectivity index (χ2v) is 12.5. The van der Waals surface area contributed by atoms with Crippen LogP contribution < -0.4 is 16.0 Å². The van der Waals surface area contributed by atoms with E-state index in [1.165, 1.54) is 12.1 Å². The highest BCUT2D eigenvalue weighted by atomic mass is 35.5. The van der Waals surface area contributed by atoms with Gasteiger partial charge in [0.15, 0.2) is 0 Å². The molecule has 2 aromatic carbocycles. The number of hydrogen-bond acceptors (Lipinski definition) is 4. The van der Waals surface area contributed by atoms with Crippen molar-refractivity contribution >= 4 is 57.7 Å². The van der Waals surface area contributed by atoms with E-state index < -0.39 is 29.2 Å². The van der Waals surface area contributed by atoms with Crippen molar-refractivity contribution < 1.29 is 27.2 Å². The maximum Gasteiger partial charge on any atom is 0.391 e. The van der Waals surface area contributed by atoms with Gasteiger partial charge in [0.1, 0.15) is 5.82 Å².